The van der Waals surface area contributed by atoms with Gasteiger partial charge >= 0.3 is 0 Å². The molecule has 3 aromatic rings. The third-order valence-electron chi connectivity index (χ3n) is 4.68. The number of amides is 1. The van der Waals surface area contributed by atoms with Gasteiger partial charge in [-0.05, 0) is 38.2 Å². The summed E-state index contributed by atoms with van der Waals surface area (Å²) < 4.78 is 7.54. The maximum atomic E-state index is 12.7. The van der Waals surface area contributed by atoms with E-state index in [-0.39, 0.29) is 5.91 Å². The molecule has 0 saturated heterocycles. The van der Waals surface area contributed by atoms with Gasteiger partial charge in [0.2, 0.25) is 0 Å². The number of pyridine rings is 1. The molecule has 1 aliphatic rings. The highest BCUT2D eigenvalue weighted by Crippen LogP contribution is 2.17. The Kier molecular flexibility index (Phi) is 4.77. The van der Waals surface area contributed by atoms with Crippen LogP contribution in [0.4, 0.5) is 0 Å². The molecule has 27 heavy (non-hydrogen) atoms. The number of aromatic nitrogens is 3. The minimum Gasteiger partial charge on any atom is -0.468 e. The van der Waals surface area contributed by atoms with Crippen LogP contribution in [0.5, 0.6) is 0 Å². The number of aryl methyl sites for hydroxylation is 1. The van der Waals surface area contributed by atoms with Gasteiger partial charge in [-0.15, -0.1) is 0 Å². The summed E-state index contributed by atoms with van der Waals surface area (Å²) in [6.07, 6.45) is 3.77. The molecule has 140 valence electrons. The van der Waals surface area contributed by atoms with Crippen molar-refractivity contribution in [2.75, 3.05) is 13.6 Å². The average molecular weight is 365 g/mol. The number of furan rings is 1. The fraction of sp³-hybridized carbons (Fsp3) is 0.350. The molecule has 0 saturated carbocycles. The predicted molar refractivity (Wildman–Crippen MR) is 99.8 cm³/mol. The third kappa shape index (κ3) is 3.93. The molecule has 7 nitrogen and oxygen atoms in total. The van der Waals surface area contributed by atoms with Crippen LogP contribution in [-0.2, 0) is 26.2 Å². The van der Waals surface area contributed by atoms with Gasteiger partial charge in [0.05, 0.1) is 25.0 Å². The highest BCUT2D eigenvalue weighted by Gasteiger charge is 2.24. The quantitative estimate of drug-likeness (QED) is 0.695. The number of hydrogen-bond acceptors (Lipinski definition) is 5. The van der Waals surface area contributed by atoms with Crippen molar-refractivity contribution in [2.45, 2.75) is 33.1 Å². The van der Waals surface area contributed by atoms with Crippen molar-refractivity contribution in [1.29, 1.82) is 0 Å². The number of carbonyl (C=O) groups excluding carboxylic acids is 1. The van der Waals surface area contributed by atoms with Crippen LogP contribution in [-0.4, -0.2) is 43.8 Å². The molecule has 3 aromatic heterocycles. The molecular formula is C20H23N5O2. The van der Waals surface area contributed by atoms with Crippen LogP contribution in [0.25, 0.3) is 0 Å². The predicted octanol–water partition coefficient (Wildman–Crippen LogP) is 2.47. The van der Waals surface area contributed by atoms with E-state index in [4.69, 9.17) is 9.40 Å². The molecule has 0 spiro atoms. The van der Waals surface area contributed by atoms with E-state index in [1.54, 1.807) is 12.3 Å². The van der Waals surface area contributed by atoms with Crippen LogP contribution in [0.2, 0.25) is 0 Å². The lowest BCUT2D eigenvalue weighted by atomic mass is 10.2. The first kappa shape index (κ1) is 17.5. The van der Waals surface area contributed by atoms with Crippen molar-refractivity contribution in [3.63, 3.8) is 0 Å². The van der Waals surface area contributed by atoms with Crippen LogP contribution in [0, 0.1) is 6.92 Å². The van der Waals surface area contributed by atoms with Gasteiger partial charge in [0.1, 0.15) is 17.3 Å². The topological polar surface area (TPSA) is 67.4 Å². The monoisotopic (exact) mass is 365 g/mol. The second kappa shape index (κ2) is 7.36. The van der Waals surface area contributed by atoms with Crippen LogP contribution < -0.4 is 0 Å². The van der Waals surface area contributed by atoms with Crippen molar-refractivity contribution in [1.82, 2.24) is 24.3 Å². The van der Waals surface area contributed by atoms with Gasteiger partial charge in [0.25, 0.3) is 5.91 Å². The molecule has 0 N–H and O–H groups in total. The van der Waals surface area contributed by atoms with Gasteiger partial charge in [0, 0.05) is 31.5 Å². The van der Waals surface area contributed by atoms with E-state index in [1.165, 1.54) is 0 Å². The maximum Gasteiger partial charge on any atom is 0.272 e. The first-order valence-corrected chi connectivity index (χ1v) is 9.07. The number of fused-ring (bicyclic) bond motifs is 1. The zero-order valence-electron chi connectivity index (χ0n) is 15.6. The Morgan fingerprint density at radius 2 is 2.07 bits per heavy atom. The lowest BCUT2D eigenvalue weighted by Gasteiger charge is -2.27. The highest BCUT2D eigenvalue weighted by molar-refractivity contribution is 5.92. The molecule has 1 amide bonds. The SMILES string of the molecule is Cc1cccc(C(=O)N2CCn3cc(CN(C)Cc4ccco4)nc3C2)n1. The van der Waals surface area contributed by atoms with Crippen LogP contribution in [0.3, 0.4) is 0 Å². The summed E-state index contributed by atoms with van der Waals surface area (Å²) in [4.78, 5) is 25.8. The zero-order chi connectivity index (χ0) is 18.8. The first-order valence-electron chi connectivity index (χ1n) is 9.07. The van der Waals surface area contributed by atoms with Gasteiger partial charge in [-0.25, -0.2) is 9.97 Å². The van der Waals surface area contributed by atoms with Crippen LogP contribution >= 0.6 is 0 Å². The normalized spacial score (nSPS) is 13.8. The maximum absolute atomic E-state index is 12.7. The standard InChI is InChI=1S/C20H23N5O2/c1-15-5-3-7-18(21-15)20(26)25-9-8-24-12-16(22-19(24)14-25)11-23(2)13-17-6-4-10-27-17/h3-7,10,12H,8-9,11,13-14H2,1-2H3. The summed E-state index contributed by atoms with van der Waals surface area (Å²) >= 11 is 0. The van der Waals surface area contributed by atoms with E-state index in [0.29, 0.717) is 18.8 Å². The molecule has 1 aliphatic heterocycles. The summed E-state index contributed by atoms with van der Waals surface area (Å²) in [7, 11) is 2.04. The van der Waals surface area contributed by atoms with E-state index >= 15 is 0 Å². The van der Waals surface area contributed by atoms with Crippen LogP contribution in [0.1, 0.15) is 33.5 Å². The van der Waals surface area contributed by atoms with E-state index in [0.717, 1.165) is 42.6 Å². The minimum atomic E-state index is -0.0376. The van der Waals surface area contributed by atoms with Crippen molar-refractivity contribution in [3.05, 3.63) is 71.5 Å². The Morgan fingerprint density at radius 1 is 1.19 bits per heavy atom. The number of rotatable bonds is 5. The third-order valence-corrected chi connectivity index (χ3v) is 4.68. The van der Waals surface area contributed by atoms with E-state index in [2.05, 4.69) is 20.6 Å². The zero-order valence-corrected chi connectivity index (χ0v) is 15.6. The van der Waals surface area contributed by atoms with Gasteiger partial charge < -0.3 is 13.9 Å². The minimum absolute atomic E-state index is 0.0376. The number of nitrogens with zero attached hydrogens (tertiary/aromatic N) is 5. The van der Waals surface area contributed by atoms with Gasteiger partial charge in [0.15, 0.2) is 0 Å². The Hall–Kier alpha value is -2.93. The molecule has 0 unspecified atom stereocenters. The Labute approximate surface area is 158 Å². The van der Waals surface area contributed by atoms with Crippen molar-refractivity contribution in [2.24, 2.45) is 0 Å². The number of hydrogen-bond donors (Lipinski definition) is 0. The number of carbonyl (C=O) groups is 1. The highest BCUT2D eigenvalue weighted by atomic mass is 16.3. The van der Waals surface area contributed by atoms with E-state index in [1.807, 2.05) is 43.1 Å². The van der Waals surface area contributed by atoms with E-state index < -0.39 is 0 Å². The first-order chi connectivity index (χ1) is 13.1. The number of imidazole rings is 1. The molecule has 0 aliphatic carbocycles. The molecule has 0 fully saturated rings. The molecule has 4 heterocycles. The Morgan fingerprint density at radius 3 is 2.85 bits per heavy atom. The second-order valence-corrected chi connectivity index (χ2v) is 6.98. The largest absolute Gasteiger partial charge is 0.468 e. The lowest BCUT2D eigenvalue weighted by molar-refractivity contribution is 0.0701. The molecular weight excluding hydrogens is 342 g/mol. The summed E-state index contributed by atoms with van der Waals surface area (Å²) in [6.45, 7) is 5.29. The molecule has 7 heteroatoms. The second-order valence-electron chi connectivity index (χ2n) is 6.98. The van der Waals surface area contributed by atoms with Crippen molar-refractivity contribution in [3.8, 4) is 0 Å². The summed E-state index contributed by atoms with van der Waals surface area (Å²) in [5.41, 5.74) is 2.34. The fourth-order valence-corrected chi connectivity index (χ4v) is 3.39. The van der Waals surface area contributed by atoms with Crippen molar-refractivity contribution >= 4 is 5.91 Å². The molecule has 0 bridgehead atoms. The molecule has 0 aromatic carbocycles. The smallest absolute Gasteiger partial charge is 0.272 e. The Balaban J connectivity index is 1.42. The summed E-state index contributed by atoms with van der Waals surface area (Å²) in [5, 5.41) is 0. The summed E-state index contributed by atoms with van der Waals surface area (Å²) in [6, 6.07) is 9.40. The van der Waals surface area contributed by atoms with Crippen LogP contribution in [0.15, 0.2) is 47.2 Å². The molecule has 0 radical (unpaired) electrons. The molecule has 4 rings (SSSR count). The van der Waals surface area contributed by atoms with Gasteiger partial charge in [-0.2, -0.15) is 0 Å². The molecule has 0 atom stereocenters. The van der Waals surface area contributed by atoms with Crippen molar-refractivity contribution < 1.29 is 9.21 Å². The Bertz CT molecular complexity index is 932. The van der Waals surface area contributed by atoms with E-state index in [9.17, 15) is 4.79 Å². The lowest BCUT2D eigenvalue weighted by Crippen LogP contribution is -2.38. The fourth-order valence-electron chi connectivity index (χ4n) is 3.39. The summed E-state index contributed by atoms with van der Waals surface area (Å²) in [5.74, 6) is 1.82. The van der Waals surface area contributed by atoms with Gasteiger partial charge in [-0.3, -0.25) is 9.69 Å². The van der Waals surface area contributed by atoms with Gasteiger partial charge in [-0.1, -0.05) is 6.07 Å². The average Bonchev–Trinajstić information content (AvgIpc) is 3.29.